The lowest BCUT2D eigenvalue weighted by atomic mass is 9.84. The summed E-state index contributed by atoms with van der Waals surface area (Å²) in [6, 6.07) is 1.62. The van der Waals surface area contributed by atoms with Gasteiger partial charge < -0.3 is 10.2 Å². The van der Waals surface area contributed by atoms with Crippen LogP contribution in [0.3, 0.4) is 0 Å². The Morgan fingerprint density at radius 3 is 2.24 bits per heavy atom. The highest BCUT2D eigenvalue weighted by Gasteiger charge is 2.46. The van der Waals surface area contributed by atoms with E-state index in [1.807, 2.05) is 5.32 Å². The van der Waals surface area contributed by atoms with E-state index in [1.54, 1.807) is 37.9 Å². The zero-order valence-corrected chi connectivity index (χ0v) is 14.6. The number of carbonyl (C=O) groups excluding carboxylic acids is 2. The van der Waals surface area contributed by atoms with E-state index >= 15 is 0 Å². The van der Waals surface area contributed by atoms with Gasteiger partial charge in [-0.3, -0.25) is 14.3 Å². The lowest BCUT2D eigenvalue weighted by Crippen LogP contribution is -2.58. The van der Waals surface area contributed by atoms with Crippen LogP contribution < -0.4 is 5.32 Å². The molecule has 0 aromatic carbocycles. The average molecular weight is 360 g/mol. The third kappa shape index (κ3) is 4.32. The maximum Gasteiger partial charge on any atom is 0.405 e. The van der Waals surface area contributed by atoms with Crippen molar-refractivity contribution in [2.45, 2.75) is 45.3 Å². The SMILES string of the molecule is CC(C)(C)C(=O)N1CCC(C(=O)NCC(F)(F)F)(n2cccn2)CC1. The Hall–Kier alpha value is -2.06. The van der Waals surface area contributed by atoms with E-state index < -0.39 is 29.6 Å². The molecule has 1 N–H and O–H groups in total. The van der Waals surface area contributed by atoms with Gasteiger partial charge in [0.05, 0.1) is 0 Å². The van der Waals surface area contributed by atoms with Crippen LogP contribution >= 0.6 is 0 Å². The summed E-state index contributed by atoms with van der Waals surface area (Å²) in [5, 5.41) is 6.03. The Morgan fingerprint density at radius 2 is 1.80 bits per heavy atom. The summed E-state index contributed by atoms with van der Waals surface area (Å²) in [5.41, 5.74) is -1.77. The highest BCUT2D eigenvalue weighted by molar-refractivity contribution is 5.86. The van der Waals surface area contributed by atoms with Gasteiger partial charge in [-0.2, -0.15) is 18.3 Å². The number of halogens is 3. The van der Waals surface area contributed by atoms with E-state index in [9.17, 15) is 22.8 Å². The van der Waals surface area contributed by atoms with E-state index in [4.69, 9.17) is 0 Å². The molecule has 0 spiro atoms. The standard InChI is InChI=1S/C16H23F3N4O2/c1-14(2,3)13(25)22-9-5-15(6-10-22,23-8-4-7-21-23)12(24)20-11-16(17,18)19/h4,7-8H,5-6,9-11H2,1-3H3,(H,20,24). The number of carbonyl (C=O) groups is 2. The maximum absolute atomic E-state index is 12.6. The number of rotatable bonds is 3. The topological polar surface area (TPSA) is 67.2 Å². The molecule has 0 saturated carbocycles. The van der Waals surface area contributed by atoms with Gasteiger partial charge in [0, 0.05) is 30.9 Å². The Morgan fingerprint density at radius 1 is 1.20 bits per heavy atom. The lowest BCUT2D eigenvalue weighted by Gasteiger charge is -2.42. The largest absolute Gasteiger partial charge is 0.405 e. The number of piperidine rings is 1. The third-order valence-electron chi connectivity index (χ3n) is 4.33. The molecule has 1 aromatic rings. The molecule has 2 amide bonds. The number of likely N-dealkylation sites (tertiary alicyclic amines) is 1. The van der Waals surface area contributed by atoms with E-state index in [-0.39, 0.29) is 31.8 Å². The Bertz CT molecular complexity index is 612. The summed E-state index contributed by atoms with van der Waals surface area (Å²) in [5.74, 6) is -0.770. The number of aromatic nitrogens is 2. The predicted molar refractivity (Wildman–Crippen MR) is 84.5 cm³/mol. The van der Waals surface area contributed by atoms with Crippen molar-refractivity contribution in [1.29, 1.82) is 0 Å². The van der Waals surface area contributed by atoms with Crippen molar-refractivity contribution in [3.63, 3.8) is 0 Å². The first-order valence-electron chi connectivity index (χ1n) is 8.10. The summed E-state index contributed by atoms with van der Waals surface area (Å²) < 4.78 is 38.8. The van der Waals surface area contributed by atoms with Crippen LogP contribution in [-0.2, 0) is 15.1 Å². The Kier molecular flexibility index (Phi) is 5.15. The maximum atomic E-state index is 12.6. The molecule has 0 bridgehead atoms. The molecule has 6 nitrogen and oxygen atoms in total. The molecule has 0 atom stereocenters. The van der Waals surface area contributed by atoms with Gasteiger partial charge in [0.2, 0.25) is 11.8 Å². The normalized spacial score (nSPS) is 18.1. The van der Waals surface area contributed by atoms with Crippen molar-refractivity contribution in [2.75, 3.05) is 19.6 Å². The molecule has 2 rings (SSSR count). The molecule has 1 aliphatic heterocycles. The second kappa shape index (κ2) is 6.68. The van der Waals surface area contributed by atoms with Crippen molar-refractivity contribution in [3.05, 3.63) is 18.5 Å². The zero-order chi connectivity index (χ0) is 18.9. The fraction of sp³-hybridized carbons (Fsp3) is 0.688. The van der Waals surface area contributed by atoms with Crippen molar-refractivity contribution in [1.82, 2.24) is 20.0 Å². The summed E-state index contributed by atoms with van der Waals surface area (Å²) in [6.07, 6.45) is -1.02. The number of nitrogens with one attached hydrogen (secondary N) is 1. The Balaban J connectivity index is 2.17. The van der Waals surface area contributed by atoms with Crippen LogP contribution in [0.15, 0.2) is 18.5 Å². The molecule has 140 valence electrons. The highest BCUT2D eigenvalue weighted by atomic mass is 19.4. The zero-order valence-electron chi connectivity index (χ0n) is 14.6. The molecule has 1 fully saturated rings. The molecule has 0 radical (unpaired) electrons. The smallest absolute Gasteiger partial charge is 0.345 e. The highest BCUT2D eigenvalue weighted by Crippen LogP contribution is 2.32. The number of nitrogens with zero attached hydrogens (tertiary/aromatic N) is 3. The third-order valence-corrected chi connectivity index (χ3v) is 4.33. The second-order valence-electron chi connectivity index (χ2n) is 7.32. The second-order valence-corrected chi connectivity index (χ2v) is 7.32. The number of hydrogen-bond acceptors (Lipinski definition) is 3. The van der Waals surface area contributed by atoms with Crippen LogP contribution in [0.1, 0.15) is 33.6 Å². The summed E-state index contributed by atoms with van der Waals surface area (Å²) >= 11 is 0. The molecule has 1 saturated heterocycles. The van der Waals surface area contributed by atoms with Gasteiger partial charge in [-0.15, -0.1) is 0 Å². The Labute approximate surface area is 144 Å². The molecule has 9 heteroatoms. The van der Waals surface area contributed by atoms with Gasteiger partial charge in [-0.05, 0) is 18.9 Å². The summed E-state index contributed by atoms with van der Waals surface area (Å²) in [6.45, 7) is 4.60. The molecule has 1 aromatic heterocycles. The minimum absolute atomic E-state index is 0.0442. The van der Waals surface area contributed by atoms with Gasteiger partial charge in [0.15, 0.2) is 0 Å². The van der Waals surface area contributed by atoms with Crippen LogP contribution in [-0.4, -0.2) is 52.3 Å². The molecular weight excluding hydrogens is 337 g/mol. The van der Waals surface area contributed by atoms with Crippen molar-refractivity contribution in [3.8, 4) is 0 Å². The minimum atomic E-state index is -4.48. The van der Waals surface area contributed by atoms with Crippen LogP contribution in [0.2, 0.25) is 0 Å². The van der Waals surface area contributed by atoms with Crippen molar-refractivity contribution >= 4 is 11.8 Å². The van der Waals surface area contributed by atoms with E-state index in [0.717, 1.165) is 0 Å². The quantitative estimate of drug-likeness (QED) is 0.896. The van der Waals surface area contributed by atoms with E-state index in [1.165, 1.54) is 10.9 Å². The molecule has 0 unspecified atom stereocenters. The van der Waals surface area contributed by atoms with Crippen molar-refractivity contribution < 1.29 is 22.8 Å². The fourth-order valence-corrected chi connectivity index (χ4v) is 2.98. The summed E-state index contributed by atoms with van der Waals surface area (Å²) in [4.78, 5) is 26.6. The van der Waals surface area contributed by atoms with E-state index in [0.29, 0.717) is 0 Å². The first-order chi connectivity index (χ1) is 11.5. The van der Waals surface area contributed by atoms with Crippen molar-refractivity contribution in [2.24, 2.45) is 5.41 Å². The molecule has 25 heavy (non-hydrogen) atoms. The fourth-order valence-electron chi connectivity index (χ4n) is 2.98. The lowest BCUT2D eigenvalue weighted by molar-refractivity contribution is -0.150. The molecule has 1 aliphatic rings. The van der Waals surface area contributed by atoms with Gasteiger partial charge >= 0.3 is 6.18 Å². The molecule has 0 aliphatic carbocycles. The number of hydrogen-bond donors (Lipinski definition) is 1. The number of alkyl halides is 3. The van der Waals surface area contributed by atoms with Gasteiger partial charge in [0.25, 0.3) is 0 Å². The van der Waals surface area contributed by atoms with Crippen LogP contribution in [0.4, 0.5) is 13.2 Å². The van der Waals surface area contributed by atoms with Crippen LogP contribution in [0.5, 0.6) is 0 Å². The average Bonchev–Trinajstić information content (AvgIpc) is 3.05. The first-order valence-corrected chi connectivity index (χ1v) is 8.10. The van der Waals surface area contributed by atoms with Crippen LogP contribution in [0, 0.1) is 5.41 Å². The van der Waals surface area contributed by atoms with E-state index in [2.05, 4.69) is 5.10 Å². The predicted octanol–water partition coefficient (Wildman–Crippen LogP) is 1.93. The van der Waals surface area contributed by atoms with Gasteiger partial charge in [0.1, 0.15) is 12.1 Å². The number of amides is 2. The summed E-state index contributed by atoms with van der Waals surface area (Å²) in [7, 11) is 0. The molecular formula is C16H23F3N4O2. The minimum Gasteiger partial charge on any atom is -0.345 e. The van der Waals surface area contributed by atoms with Gasteiger partial charge in [-0.25, -0.2) is 0 Å². The van der Waals surface area contributed by atoms with Crippen LogP contribution in [0.25, 0.3) is 0 Å². The first kappa shape index (κ1) is 19.3. The molecule has 2 heterocycles. The van der Waals surface area contributed by atoms with Gasteiger partial charge in [-0.1, -0.05) is 20.8 Å². The monoisotopic (exact) mass is 360 g/mol.